The van der Waals surface area contributed by atoms with E-state index in [-0.39, 0.29) is 24.8 Å². The molecule has 2 atom stereocenters. The summed E-state index contributed by atoms with van der Waals surface area (Å²) in [6.07, 6.45) is 1.18. The maximum Gasteiger partial charge on any atom is 0.254 e. The molecule has 2 heterocycles. The van der Waals surface area contributed by atoms with Crippen LogP contribution in [-0.2, 0) is 4.79 Å². The average molecular weight is 350 g/mol. The number of aliphatic hydroxyl groups is 1. The number of rotatable bonds is 3. The van der Waals surface area contributed by atoms with Crippen molar-refractivity contribution in [2.75, 3.05) is 11.9 Å². The summed E-state index contributed by atoms with van der Waals surface area (Å²) in [5.74, 6) is -0.568. The summed E-state index contributed by atoms with van der Waals surface area (Å²) in [4.78, 5) is 26.9. The van der Waals surface area contributed by atoms with Gasteiger partial charge >= 0.3 is 0 Å². The average Bonchev–Trinajstić information content (AvgIpc) is 3.27. The molecule has 1 fully saturated rings. The molecule has 3 aromatic rings. The lowest BCUT2D eigenvalue weighted by Gasteiger charge is -2.23. The van der Waals surface area contributed by atoms with Crippen LogP contribution >= 0.6 is 0 Å². The van der Waals surface area contributed by atoms with Gasteiger partial charge in [-0.3, -0.25) is 14.7 Å². The molecule has 2 aromatic carbocycles. The molecule has 0 unspecified atom stereocenters. The van der Waals surface area contributed by atoms with Crippen LogP contribution in [-0.4, -0.2) is 50.7 Å². The number of β-amino-alcohol motifs (C(OH)–C–C–N with tert-alkyl or cyclic N) is 1. The second-order valence-electron chi connectivity index (χ2n) is 6.39. The number of nitrogens with one attached hydrogen (secondary N) is 2. The Kier molecular flexibility index (Phi) is 4.14. The lowest BCUT2D eigenvalue weighted by Crippen LogP contribution is -2.43. The Bertz CT molecular complexity index is 954. The molecule has 4 rings (SSSR count). The number of fused-ring (bicyclic) bond motifs is 1. The highest BCUT2D eigenvalue weighted by Crippen LogP contribution is 2.23. The summed E-state index contributed by atoms with van der Waals surface area (Å²) in [5.41, 5.74) is 2.00. The summed E-state index contributed by atoms with van der Waals surface area (Å²) in [7, 11) is 0. The van der Waals surface area contributed by atoms with Gasteiger partial charge in [0, 0.05) is 29.6 Å². The number of hydrogen-bond acceptors (Lipinski definition) is 4. The summed E-state index contributed by atoms with van der Waals surface area (Å²) in [6.45, 7) is 0.145. The topological polar surface area (TPSA) is 98.3 Å². The summed E-state index contributed by atoms with van der Waals surface area (Å²) >= 11 is 0. The second kappa shape index (κ2) is 6.61. The number of likely N-dealkylation sites (tertiary alicyclic amines) is 1. The fourth-order valence-electron chi connectivity index (χ4n) is 3.28. The van der Waals surface area contributed by atoms with E-state index in [1.807, 2.05) is 18.2 Å². The third-order valence-corrected chi connectivity index (χ3v) is 4.57. The minimum atomic E-state index is -0.713. The largest absolute Gasteiger partial charge is 0.391 e. The number of aromatic nitrogens is 2. The minimum absolute atomic E-state index is 0.145. The van der Waals surface area contributed by atoms with Crippen molar-refractivity contribution >= 4 is 28.4 Å². The maximum absolute atomic E-state index is 12.7. The molecule has 1 aliphatic rings. The van der Waals surface area contributed by atoms with Crippen LogP contribution in [0.25, 0.3) is 10.9 Å². The molecule has 7 heteroatoms. The van der Waals surface area contributed by atoms with Gasteiger partial charge in [0.05, 0.1) is 17.8 Å². The van der Waals surface area contributed by atoms with E-state index in [2.05, 4.69) is 15.5 Å². The van der Waals surface area contributed by atoms with Gasteiger partial charge < -0.3 is 15.3 Å². The van der Waals surface area contributed by atoms with Crippen LogP contribution in [0, 0.1) is 0 Å². The van der Waals surface area contributed by atoms with Crippen molar-refractivity contribution in [2.24, 2.45) is 0 Å². The van der Waals surface area contributed by atoms with Crippen LogP contribution in [0.1, 0.15) is 16.8 Å². The molecule has 1 aromatic heterocycles. The Morgan fingerprint density at radius 2 is 2.00 bits per heavy atom. The molecule has 1 saturated heterocycles. The zero-order valence-corrected chi connectivity index (χ0v) is 13.9. The monoisotopic (exact) mass is 350 g/mol. The standard InChI is InChI=1S/C19H18N4O3/c24-15-9-17(23(11-15)19(26)12-4-2-1-3-5-12)18(25)21-14-6-7-16-13(8-14)10-20-22-16/h1-8,10,15,17,24H,9,11H2,(H,20,22)(H,21,25)/t15-,17+/m0/s1. The molecule has 132 valence electrons. The molecule has 0 bridgehead atoms. The highest BCUT2D eigenvalue weighted by Gasteiger charge is 2.39. The first kappa shape index (κ1) is 16.3. The van der Waals surface area contributed by atoms with Gasteiger partial charge in [-0.25, -0.2) is 0 Å². The van der Waals surface area contributed by atoms with Crippen LogP contribution in [0.5, 0.6) is 0 Å². The SMILES string of the molecule is O=C(Nc1ccc2[nH]ncc2c1)[C@H]1C[C@H](O)CN1C(=O)c1ccccc1. The van der Waals surface area contributed by atoms with Crippen LogP contribution in [0.4, 0.5) is 5.69 Å². The highest BCUT2D eigenvalue weighted by molar-refractivity contribution is 6.02. The van der Waals surface area contributed by atoms with Crippen molar-refractivity contribution in [1.82, 2.24) is 15.1 Å². The Morgan fingerprint density at radius 3 is 2.81 bits per heavy atom. The number of carbonyl (C=O) groups excluding carboxylic acids is 2. The molecule has 0 radical (unpaired) electrons. The molecule has 0 spiro atoms. The zero-order chi connectivity index (χ0) is 18.1. The van der Waals surface area contributed by atoms with Gasteiger partial charge in [0.25, 0.3) is 5.91 Å². The second-order valence-corrected chi connectivity index (χ2v) is 6.39. The fraction of sp³-hybridized carbons (Fsp3) is 0.211. The van der Waals surface area contributed by atoms with Gasteiger partial charge in [0.1, 0.15) is 6.04 Å². The van der Waals surface area contributed by atoms with Gasteiger partial charge in [-0.2, -0.15) is 5.10 Å². The van der Waals surface area contributed by atoms with E-state index in [0.29, 0.717) is 11.3 Å². The van der Waals surface area contributed by atoms with Gasteiger partial charge in [-0.1, -0.05) is 18.2 Å². The normalized spacial score (nSPS) is 19.7. The number of H-pyrrole nitrogens is 1. The lowest BCUT2D eigenvalue weighted by atomic mass is 10.1. The molecule has 26 heavy (non-hydrogen) atoms. The quantitative estimate of drug-likeness (QED) is 0.670. The summed E-state index contributed by atoms with van der Waals surface area (Å²) < 4.78 is 0. The maximum atomic E-state index is 12.7. The fourth-order valence-corrected chi connectivity index (χ4v) is 3.28. The molecular weight excluding hydrogens is 332 g/mol. The number of carbonyl (C=O) groups is 2. The van der Waals surface area contributed by atoms with Crippen LogP contribution in [0.15, 0.2) is 54.7 Å². The Balaban J connectivity index is 1.54. The summed E-state index contributed by atoms with van der Waals surface area (Å²) in [6, 6.07) is 13.5. The first-order valence-corrected chi connectivity index (χ1v) is 8.40. The zero-order valence-electron chi connectivity index (χ0n) is 13.9. The van der Waals surface area contributed by atoms with Crippen LogP contribution < -0.4 is 5.32 Å². The van der Waals surface area contributed by atoms with E-state index >= 15 is 0 Å². The Labute approximate surface area is 149 Å². The number of amides is 2. The Hall–Kier alpha value is -3.19. The van der Waals surface area contributed by atoms with E-state index in [1.165, 1.54) is 4.90 Å². The molecular formula is C19H18N4O3. The van der Waals surface area contributed by atoms with E-state index in [1.54, 1.807) is 36.5 Å². The smallest absolute Gasteiger partial charge is 0.254 e. The predicted octanol–water partition coefficient (Wildman–Crippen LogP) is 1.78. The third-order valence-electron chi connectivity index (χ3n) is 4.57. The van der Waals surface area contributed by atoms with Gasteiger partial charge in [0.15, 0.2) is 0 Å². The first-order valence-electron chi connectivity index (χ1n) is 8.40. The third kappa shape index (κ3) is 3.04. The molecule has 1 aliphatic heterocycles. The van der Waals surface area contributed by atoms with E-state index in [0.717, 1.165) is 10.9 Å². The van der Waals surface area contributed by atoms with Gasteiger partial charge in [-0.15, -0.1) is 0 Å². The predicted molar refractivity (Wildman–Crippen MR) is 96.6 cm³/mol. The number of anilines is 1. The van der Waals surface area contributed by atoms with Gasteiger partial charge in [-0.05, 0) is 30.3 Å². The van der Waals surface area contributed by atoms with E-state index < -0.39 is 12.1 Å². The first-order chi connectivity index (χ1) is 12.6. The highest BCUT2D eigenvalue weighted by atomic mass is 16.3. The van der Waals surface area contributed by atoms with Crippen molar-refractivity contribution in [3.05, 3.63) is 60.3 Å². The number of hydrogen-bond donors (Lipinski definition) is 3. The van der Waals surface area contributed by atoms with E-state index in [4.69, 9.17) is 0 Å². The molecule has 7 nitrogen and oxygen atoms in total. The summed E-state index contributed by atoms with van der Waals surface area (Å²) in [5, 5.41) is 20.5. The van der Waals surface area contributed by atoms with Crippen molar-refractivity contribution in [2.45, 2.75) is 18.6 Å². The van der Waals surface area contributed by atoms with Crippen LogP contribution in [0.2, 0.25) is 0 Å². The molecule has 2 amide bonds. The van der Waals surface area contributed by atoms with Gasteiger partial charge in [0.2, 0.25) is 5.91 Å². The lowest BCUT2D eigenvalue weighted by molar-refractivity contribution is -0.119. The number of aliphatic hydroxyl groups excluding tert-OH is 1. The number of aromatic amines is 1. The number of benzene rings is 2. The van der Waals surface area contributed by atoms with Crippen LogP contribution in [0.3, 0.4) is 0 Å². The number of nitrogens with zero attached hydrogens (tertiary/aromatic N) is 2. The Morgan fingerprint density at radius 1 is 1.19 bits per heavy atom. The minimum Gasteiger partial charge on any atom is -0.391 e. The van der Waals surface area contributed by atoms with Crippen molar-refractivity contribution < 1.29 is 14.7 Å². The molecule has 0 saturated carbocycles. The van der Waals surface area contributed by atoms with Crippen molar-refractivity contribution in [3.63, 3.8) is 0 Å². The molecule has 3 N–H and O–H groups in total. The molecule has 0 aliphatic carbocycles. The van der Waals surface area contributed by atoms with Crippen molar-refractivity contribution in [1.29, 1.82) is 0 Å². The van der Waals surface area contributed by atoms with Crippen molar-refractivity contribution in [3.8, 4) is 0 Å². The van der Waals surface area contributed by atoms with E-state index in [9.17, 15) is 14.7 Å².